The lowest BCUT2D eigenvalue weighted by Gasteiger charge is -2.14. The van der Waals surface area contributed by atoms with Crippen molar-refractivity contribution in [3.63, 3.8) is 0 Å². The summed E-state index contributed by atoms with van der Waals surface area (Å²) in [6.45, 7) is 1.96. The maximum absolute atomic E-state index is 13.0. The van der Waals surface area contributed by atoms with Gasteiger partial charge in [-0.15, -0.1) is 0 Å². The minimum Gasteiger partial charge on any atom is -0.369 e. The molecular formula is C15H12ClFN2O. The maximum Gasteiger partial charge on any atom is 0.251 e. The molecule has 1 atom stereocenters. The number of nitrogens with one attached hydrogen (secondary N) is 2. The van der Waals surface area contributed by atoms with Gasteiger partial charge < -0.3 is 10.6 Å². The molecule has 1 heterocycles. The third kappa shape index (κ3) is 2.23. The molecule has 0 spiro atoms. The SMILES string of the molecule is Cc1ccc2c(c1)C(Nc1ccc(F)cc1Cl)C(=O)N2. The fourth-order valence-corrected chi connectivity index (χ4v) is 2.51. The van der Waals surface area contributed by atoms with E-state index < -0.39 is 11.9 Å². The van der Waals surface area contributed by atoms with Crippen molar-refractivity contribution >= 4 is 28.9 Å². The third-order valence-corrected chi connectivity index (χ3v) is 3.58. The van der Waals surface area contributed by atoms with E-state index >= 15 is 0 Å². The molecule has 0 bridgehead atoms. The van der Waals surface area contributed by atoms with E-state index in [1.807, 2.05) is 25.1 Å². The highest BCUT2D eigenvalue weighted by molar-refractivity contribution is 6.33. The normalized spacial score (nSPS) is 16.8. The van der Waals surface area contributed by atoms with Crippen LogP contribution in [0.5, 0.6) is 0 Å². The molecular weight excluding hydrogens is 279 g/mol. The minimum atomic E-state index is -0.520. The summed E-state index contributed by atoms with van der Waals surface area (Å²) in [5, 5.41) is 6.12. The minimum absolute atomic E-state index is 0.147. The van der Waals surface area contributed by atoms with E-state index in [1.54, 1.807) is 0 Å². The van der Waals surface area contributed by atoms with Crippen LogP contribution < -0.4 is 10.6 Å². The van der Waals surface area contributed by atoms with Gasteiger partial charge in [-0.1, -0.05) is 29.3 Å². The number of fused-ring (bicyclic) bond motifs is 1. The fourth-order valence-electron chi connectivity index (χ4n) is 2.29. The van der Waals surface area contributed by atoms with Crippen LogP contribution in [0.3, 0.4) is 0 Å². The number of hydrogen-bond donors (Lipinski definition) is 2. The first kappa shape index (κ1) is 12.9. The van der Waals surface area contributed by atoms with Gasteiger partial charge in [0.15, 0.2) is 0 Å². The Labute approximate surface area is 120 Å². The number of amides is 1. The second kappa shape index (κ2) is 4.80. The Morgan fingerprint density at radius 1 is 1.25 bits per heavy atom. The second-order valence-electron chi connectivity index (χ2n) is 4.78. The molecule has 5 heteroatoms. The number of hydrogen-bond acceptors (Lipinski definition) is 2. The molecule has 1 aliphatic rings. The summed E-state index contributed by atoms with van der Waals surface area (Å²) in [5.41, 5.74) is 3.26. The summed E-state index contributed by atoms with van der Waals surface area (Å²) in [4.78, 5) is 12.0. The van der Waals surface area contributed by atoms with Crippen LogP contribution in [0.1, 0.15) is 17.2 Å². The van der Waals surface area contributed by atoms with Crippen molar-refractivity contribution in [3.8, 4) is 0 Å². The Morgan fingerprint density at radius 2 is 2.05 bits per heavy atom. The lowest BCUT2D eigenvalue weighted by Crippen LogP contribution is -2.19. The molecule has 3 rings (SSSR count). The molecule has 0 aliphatic carbocycles. The molecule has 1 aliphatic heterocycles. The molecule has 0 radical (unpaired) electrons. The van der Waals surface area contributed by atoms with Crippen LogP contribution in [0.2, 0.25) is 5.02 Å². The van der Waals surface area contributed by atoms with Crippen molar-refractivity contribution in [1.29, 1.82) is 0 Å². The Kier molecular flexibility index (Phi) is 3.10. The predicted molar refractivity (Wildman–Crippen MR) is 77.6 cm³/mol. The van der Waals surface area contributed by atoms with E-state index in [4.69, 9.17) is 11.6 Å². The topological polar surface area (TPSA) is 41.1 Å². The van der Waals surface area contributed by atoms with Gasteiger partial charge in [0.25, 0.3) is 5.91 Å². The summed E-state index contributed by atoms with van der Waals surface area (Å²) in [6, 6.07) is 9.28. The van der Waals surface area contributed by atoms with Crippen molar-refractivity contribution in [2.75, 3.05) is 10.6 Å². The van der Waals surface area contributed by atoms with Crippen molar-refractivity contribution < 1.29 is 9.18 Å². The zero-order valence-electron chi connectivity index (χ0n) is 10.7. The monoisotopic (exact) mass is 290 g/mol. The number of rotatable bonds is 2. The Hall–Kier alpha value is -2.07. The Morgan fingerprint density at radius 3 is 2.80 bits per heavy atom. The first-order chi connectivity index (χ1) is 9.54. The van der Waals surface area contributed by atoms with Gasteiger partial charge in [0, 0.05) is 11.3 Å². The quantitative estimate of drug-likeness (QED) is 0.881. The zero-order valence-corrected chi connectivity index (χ0v) is 11.5. The van der Waals surface area contributed by atoms with Crippen LogP contribution in [0, 0.1) is 12.7 Å². The van der Waals surface area contributed by atoms with Gasteiger partial charge in [0.05, 0.1) is 10.7 Å². The molecule has 0 fully saturated rings. The molecule has 2 N–H and O–H groups in total. The summed E-state index contributed by atoms with van der Waals surface area (Å²) in [7, 11) is 0. The largest absolute Gasteiger partial charge is 0.369 e. The Balaban J connectivity index is 1.95. The molecule has 102 valence electrons. The number of benzene rings is 2. The van der Waals surface area contributed by atoms with E-state index in [0.29, 0.717) is 5.69 Å². The fraction of sp³-hybridized carbons (Fsp3) is 0.133. The lowest BCUT2D eigenvalue weighted by atomic mass is 10.1. The number of carbonyl (C=O) groups excluding carboxylic acids is 1. The van der Waals surface area contributed by atoms with Crippen molar-refractivity contribution in [2.45, 2.75) is 13.0 Å². The summed E-state index contributed by atoms with van der Waals surface area (Å²) in [6.07, 6.45) is 0. The third-order valence-electron chi connectivity index (χ3n) is 3.27. The van der Waals surface area contributed by atoms with Crippen LogP contribution in [0.4, 0.5) is 15.8 Å². The number of aryl methyl sites for hydroxylation is 1. The van der Waals surface area contributed by atoms with E-state index in [9.17, 15) is 9.18 Å². The smallest absolute Gasteiger partial charge is 0.251 e. The molecule has 0 saturated carbocycles. The van der Waals surface area contributed by atoms with Crippen LogP contribution >= 0.6 is 11.6 Å². The molecule has 2 aromatic carbocycles. The maximum atomic E-state index is 13.0. The number of halogens is 2. The standard InChI is InChI=1S/C15H12ClFN2O/c1-8-2-4-12-10(6-8)14(15(20)19-12)18-13-5-3-9(17)7-11(13)16/h2-7,14,18H,1H3,(H,19,20). The van der Waals surface area contributed by atoms with Gasteiger partial charge in [-0.3, -0.25) is 4.79 Å². The summed E-state index contributed by atoms with van der Waals surface area (Å²) in [5.74, 6) is -0.557. The number of anilines is 2. The van der Waals surface area contributed by atoms with E-state index in [2.05, 4.69) is 10.6 Å². The molecule has 2 aromatic rings. The predicted octanol–water partition coefficient (Wildman–Crippen LogP) is 3.89. The summed E-state index contributed by atoms with van der Waals surface area (Å²) < 4.78 is 13.0. The van der Waals surface area contributed by atoms with Gasteiger partial charge in [-0.05, 0) is 31.2 Å². The van der Waals surface area contributed by atoms with Gasteiger partial charge >= 0.3 is 0 Å². The second-order valence-corrected chi connectivity index (χ2v) is 5.19. The van der Waals surface area contributed by atoms with Crippen LogP contribution in [-0.2, 0) is 4.79 Å². The average Bonchev–Trinajstić information content (AvgIpc) is 2.69. The van der Waals surface area contributed by atoms with Crippen LogP contribution in [0.15, 0.2) is 36.4 Å². The van der Waals surface area contributed by atoms with E-state index in [1.165, 1.54) is 18.2 Å². The first-order valence-electron chi connectivity index (χ1n) is 6.17. The molecule has 0 saturated heterocycles. The van der Waals surface area contributed by atoms with Crippen molar-refractivity contribution in [3.05, 3.63) is 58.4 Å². The Bertz CT molecular complexity index is 702. The van der Waals surface area contributed by atoms with Crippen LogP contribution in [-0.4, -0.2) is 5.91 Å². The highest BCUT2D eigenvalue weighted by atomic mass is 35.5. The molecule has 1 unspecified atom stereocenters. The van der Waals surface area contributed by atoms with E-state index in [0.717, 1.165) is 16.8 Å². The first-order valence-corrected chi connectivity index (χ1v) is 6.55. The molecule has 20 heavy (non-hydrogen) atoms. The molecule has 0 aromatic heterocycles. The van der Waals surface area contributed by atoms with Gasteiger partial charge in [0.2, 0.25) is 0 Å². The van der Waals surface area contributed by atoms with E-state index in [-0.39, 0.29) is 10.9 Å². The highest BCUT2D eigenvalue weighted by Gasteiger charge is 2.30. The highest BCUT2D eigenvalue weighted by Crippen LogP contribution is 2.35. The van der Waals surface area contributed by atoms with Crippen molar-refractivity contribution in [1.82, 2.24) is 0 Å². The van der Waals surface area contributed by atoms with Gasteiger partial charge in [-0.2, -0.15) is 0 Å². The van der Waals surface area contributed by atoms with Gasteiger partial charge in [-0.25, -0.2) is 4.39 Å². The van der Waals surface area contributed by atoms with Gasteiger partial charge in [0.1, 0.15) is 11.9 Å². The lowest BCUT2D eigenvalue weighted by molar-refractivity contribution is -0.116. The number of carbonyl (C=O) groups is 1. The van der Waals surface area contributed by atoms with Crippen molar-refractivity contribution in [2.24, 2.45) is 0 Å². The van der Waals surface area contributed by atoms with Crippen LogP contribution in [0.25, 0.3) is 0 Å². The molecule has 3 nitrogen and oxygen atoms in total. The summed E-state index contributed by atoms with van der Waals surface area (Å²) >= 11 is 5.98. The molecule has 1 amide bonds. The average molecular weight is 291 g/mol. The zero-order chi connectivity index (χ0) is 14.3.